The van der Waals surface area contributed by atoms with Crippen LogP contribution < -0.4 is 62.4 Å². The van der Waals surface area contributed by atoms with Crippen molar-refractivity contribution in [2.45, 2.75) is 36.8 Å². The van der Waals surface area contributed by atoms with Crippen molar-refractivity contribution in [3.8, 4) is 0 Å². The van der Waals surface area contributed by atoms with Crippen molar-refractivity contribution >= 4 is 35.6 Å². The SMILES string of the molecule is NC1(C(/C([C-]=O)=C/c2[c-]ccc(Cl)c2)c2ccc(Cl)cc2)CCNC(Cc2ccccc2)C1.[K+]. The van der Waals surface area contributed by atoms with E-state index in [2.05, 4.69) is 29.8 Å². The zero-order valence-corrected chi connectivity index (χ0v) is 23.9. The summed E-state index contributed by atoms with van der Waals surface area (Å²) in [6, 6.07) is 26.6. The van der Waals surface area contributed by atoms with Gasteiger partial charge in [-0.05, 0) is 60.4 Å². The minimum absolute atomic E-state index is 0. The first-order chi connectivity index (χ1) is 16.0. The molecule has 1 fully saturated rings. The van der Waals surface area contributed by atoms with Gasteiger partial charge < -0.3 is 15.8 Å². The molecule has 0 aromatic heterocycles. The third-order valence-electron chi connectivity index (χ3n) is 6.28. The minimum atomic E-state index is -0.639. The molecule has 3 aromatic rings. The second kappa shape index (κ2) is 13.0. The van der Waals surface area contributed by atoms with Crippen LogP contribution in [0.4, 0.5) is 0 Å². The van der Waals surface area contributed by atoms with Gasteiger partial charge in [0, 0.05) is 22.5 Å². The van der Waals surface area contributed by atoms with Gasteiger partial charge in [0.1, 0.15) is 0 Å². The first-order valence-electron chi connectivity index (χ1n) is 11.1. The van der Waals surface area contributed by atoms with Crippen LogP contribution in [-0.4, -0.2) is 24.4 Å². The second-order valence-electron chi connectivity index (χ2n) is 8.68. The van der Waals surface area contributed by atoms with Crippen LogP contribution in [-0.2, 0) is 11.2 Å². The van der Waals surface area contributed by atoms with E-state index < -0.39 is 5.54 Å². The molecule has 0 saturated carbocycles. The van der Waals surface area contributed by atoms with Crippen molar-refractivity contribution in [3.05, 3.63) is 111 Å². The number of piperidine rings is 1. The van der Waals surface area contributed by atoms with Crippen LogP contribution in [0.1, 0.15) is 35.4 Å². The fourth-order valence-electron chi connectivity index (χ4n) is 4.80. The second-order valence-corrected chi connectivity index (χ2v) is 9.55. The van der Waals surface area contributed by atoms with Crippen molar-refractivity contribution in [1.82, 2.24) is 5.32 Å². The maximum absolute atomic E-state index is 12.3. The van der Waals surface area contributed by atoms with E-state index in [-0.39, 0.29) is 63.3 Å². The first-order valence-corrected chi connectivity index (χ1v) is 11.8. The Hall–Kier alpha value is -0.794. The maximum atomic E-state index is 12.3. The van der Waals surface area contributed by atoms with Crippen LogP contribution in [0.5, 0.6) is 0 Å². The van der Waals surface area contributed by atoms with Crippen molar-refractivity contribution in [1.29, 1.82) is 0 Å². The van der Waals surface area contributed by atoms with Crippen molar-refractivity contribution < 1.29 is 56.2 Å². The average molecular weight is 517 g/mol. The molecule has 3 N–H and O–H groups in total. The van der Waals surface area contributed by atoms with Crippen molar-refractivity contribution in [3.63, 3.8) is 0 Å². The van der Waals surface area contributed by atoms with Gasteiger partial charge in [-0.1, -0.05) is 54.1 Å². The van der Waals surface area contributed by atoms with Crippen LogP contribution in [0.25, 0.3) is 6.08 Å². The Morgan fingerprint density at radius 3 is 2.56 bits per heavy atom. The summed E-state index contributed by atoms with van der Waals surface area (Å²) in [5, 5.41) is 4.83. The summed E-state index contributed by atoms with van der Waals surface area (Å²) in [6.45, 7) is 0.771. The van der Waals surface area contributed by atoms with E-state index in [0.29, 0.717) is 22.0 Å². The predicted molar refractivity (Wildman–Crippen MR) is 136 cm³/mol. The Labute approximate surface area is 254 Å². The van der Waals surface area contributed by atoms with Crippen LogP contribution in [0.2, 0.25) is 10.0 Å². The molecule has 1 heterocycles. The van der Waals surface area contributed by atoms with Gasteiger partial charge in [0.2, 0.25) is 0 Å². The van der Waals surface area contributed by atoms with E-state index in [9.17, 15) is 4.79 Å². The van der Waals surface area contributed by atoms with Gasteiger partial charge in [-0.25, -0.2) is 0 Å². The van der Waals surface area contributed by atoms with Crippen LogP contribution in [0, 0.1) is 6.07 Å². The fraction of sp³-hybridized carbons (Fsp3) is 0.250. The largest absolute Gasteiger partial charge is 1.00 e. The topological polar surface area (TPSA) is 55.1 Å². The molecular weight excluding hydrogens is 490 g/mol. The molecule has 6 heteroatoms. The maximum Gasteiger partial charge on any atom is 1.00 e. The first kappa shape index (κ1) is 27.8. The number of rotatable bonds is 7. The third kappa shape index (κ3) is 7.13. The molecule has 3 aromatic carbocycles. The van der Waals surface area contributed by atoms with Crippen molar-refractivity contribution in [2.75, 3.05) is 6.54 Å². The fourth-order valence-corrected chi connectivity index (χ4v) is 5.11. The molecule has 3 nitrogen and oxygen atoms in total. The molecule has 4 rings (SSSR count). The Morgan fingerprint density at radius 2 is 1.88 bits per heavy atom. The van der Waals surface area contributed by atoms with Crippen molar-refractivity contribution in [2.24, 2.45) is 5.73 Å². The zero-order chi connectivity index (χ0) is 23.3. The van der Waals surface area contributed by atoms with E-state index >= 15 is 0 Å². The number of benzene rings is 3. The number of nitrogens with two attached hydrogens (primary N) is 1. The molecule has 1 saturated heterocycles. The number of hydrogen-bond donors (Lipinski definition) is 2. The van der Waals surface area contributed by atoms with Gasteiger partial charge in [-0.2, -0.15) is 5.56 Å². The van der Waals surface area contributed by atoms with E-state index in [1.54, 1.807) is 24.3 Å². The normalized spacial score (nSPS) is 21.4. The molecule has 3 unspecified atom stereocenters. The van der Waals surface area contributed by atoms with E-state index in [1.165, 1.54) is 5.56 Å². The molecule has 1 aliphatic rings. The number of nitrogens with one attached hydrogen (secondary N) is 1. The Balaban J connectivity index is 0.00000324. The Bertz CT molecular complexity index is 1120. The van der Waals surface area contributed by atoms with Gasteiger partial charge in [-0.15, -0.1) is 47.5 Å². The summed E-state index contributed by atoms with van der Waals surface area (Å²) in [6.07, 6.45) is 6.29. The standard InChI is InChI=1S/C28H26Cl2N2O.K/c29-24-11-9-22(10-12-24)27(23(19-33)15-21-7-4-8-25(30)16-21)28(31)13-14-32-26(18-28)17-20-5-2-1-3-6-20;/h1-6,8-12,15-16,26-27,32H,13-14,17-18,31H2;/q-2;+1/b23-15+;. The summed E-state index contributed by atoms with van der Waals surface area (Å²) >= 11 is 12.3. The summed E-state index contributed by atoms with van der Waals surface area (Å²) < 4.78 is 0. The van der Waals surface area contributed by atoms with E-state index in [1.807, 2.05) is 42.5 Å². The van der Waals surface area contributed by atoms with Gasteiger partial charge in [0.25, 0.3) is 0 Å². The van der Waals surface area contributed by atoms with E-state index in [0.717, 1.165) is 30.5 Å². The molecule has 0 spiro atoms. The molecule has 1 aliphatic heterocycles. The molecule has 3 atom stereocenters. The molecule has 0 bridgehead atoms. The van der Waals surface area contributed by atoms with Gasteiger partial charge in [0.15, 0.2) is 0 Å². The quantitative estimate of drug-likeness (QED) is 0.289. The number of hydrogen-bond acceptors (Lipinski definition) is 3. The van der Waals surface area contributed by atoms with Gasteiger partial charge in [-0.3, -0.25) is 0 Å². The molecular formula is C28H26Cl2KN2O-. The molecule has 34 heavy (non-hydrogen) atoms. The Kier molecular flexibility index (Phi) is 10.6. The molecule has 0 amide bonds. The molecule has 0 aliphatic carbocycles. The van der Waals surface area contributed by atoms with Crippen LogP contribution in [0.3, 0.4) is 0 Å². The monoisotopic (exact) mass is 515 g/mol. The van der Waals surface area contributed by atoms with Gasteiger partial charge >= 0.3 is 51.4 Å². The summed E-state index contributed by atoms with van der Waals surface area (Å²) in [5.41, 5.74) is 9.92. The minimum Gasteiger partial charge on any atom is -0.418 e. The van der Waals surface area contributed by atoms with Crippen LogP contribution >= 0.6 is 23.2 Å². The smallest absolute Gasteiger partial charge is 0.418 e. The summed E-state index contributed by atoms with van der Waals surface area (Å²) in [4.78, 5) is 12.3. The zero-order valence-electron chi connectivity index (χ0n) is 19.2. The summed E-state index contributed by atoms with van der Waals surface area (Å²) in [7, 11) is 0. The van der Waals surface area contributed by atoms with Gasteiger partial charge in [0.05, 0.1) is 0 Å². The third-order valence-corrected chi connectivity index (χ3v) is 6.77. The Morgan fingerprint density at radius 1 is 1.15 bits per heavy atom. The molecule has 0 radical (unpaired) electrons. The average Bonchev–Trinajstić information content (AvgIpc) is 2.80. The number of carbonyl (C=O) groups excluding carboxylic acids is 1. The van der Waals surface area contributed by atoms with E-state index in [4.69, 9.17) is 28.9 Å². The summed E-state index contributed by atoms with van der Waals surface area (Å²) in [5.74, 6) is -0.347. The number of halogens is 2. The van der Waals surface area contributed by atoms with Crippen LogP contribution in [0.15, 0.2) is 78.4 Å². The predicted octanol–water partition coefficient (Wildman–Crippen LogP) is 2.77. The molecule has 170 valence electrons.